The molecule has 0 atom stereocenters. The van der Waals surface area contributed by atoms with Crippen LogP contribution in [0, 0.1) is 0 Å². The number of rotatable bonds is 1. The van der Waals surface area contributed by atoms with Crippen molar-refractivity contribution in [3.63, 3.8) is 0 Å². The smallest absolute Gasteiger partial charge is 0.229 e. The van der Waals surface area contributed by atoms with Crippen molar-refractivity contribution in [3.05, 3.63) is 35.1 Å². The van der Waals surface area contributed by atoms with Crippen LogP contribution < -0.4 is 4.90 Å². The van der Waals surface area contributed by atoms with Crippen LogP contribution in [0.4, 0.5) is 11.6 Å². The molecule has 0 spiro atoms. The molecule has 1 aliphatic rings. The van der Waals surface area contributed by atoms with E-state index in [4.69, 9.17) is 0 Å². The number of nitrogens with zero attached hydrogens (tertiary/aromatic N) is 4. The molecule has 15 heavy (non-hydrogen) atoms. The second kappa shape index (κ2) is 3.34. The van der Waals surface area contributed by atoms with Crippen molar-refractivity contribution in [1.29, 1.82) is 0 Å². The standard InChI is InChI=1S/C10H9BrN4/c11-9-12-10-14(6-7-15(10)13-9)8-4-2-1-3-5-8/h1-5H,6-7H2. The Bertz CT molecular complexity index is 479. The molecule has 2 aromatic rings. The van der Waals surface area contributed by atoms with E-state index in [0.717, 1.165) is 24.7 Å². The maximum absolute atomic E-state index is 4.34. The molecule has 0 radical (unpaired) electrons. The highest BCUT2D eigenvalue weighted by Gasteiger charge is 2.23. The molecule has 76 valence electrons. The quantitative estimate of drug-likeness (QED) is 0.792. The minimum atomic E-state index is 0.651. The number of anilines is 2. The molecule has 5 heteroatoms. The van der Waals surface area contributed by atoms with Crippen molar-refractivity contribution in [3.8, 4) is 0 Å². The highest BCUT2D eigenvalue weighted by Crippen LogP contribution is 2.28. The van der Waals surface area contributed by atoms with Crippen LogP contribution in [0.15, 0.2) is 35.1 Å². The molecule has 0 saturated heterocycles. The second-order valence-electron chi connectivity index (χ2n) is 3.39. The Labute approximate surface area is 95.7 Å². The summed E-state index contributed by atoms with van der Waals surface area (Å²) in [5, 5.41) is 4.25. The lowest BCUT2D eigenvalue weighted by Crippen LogP contribution is -2.13. The van der Waals surface area contributed by atoms with E-state index in [2.05, 4.69) is 43.0 Å². The Morgan fingerprint density at radius 3 is 2.73 bits per heavy atom. The fourth-order valence-corrected chi connectivity index (χ4v) is 2.15. The highest BCUT2D eigenvalue weighted by atomic mass is 79.9. The fourth-order valence-electron chi connectivity index (χ4n) is 1.80. The molecule has 0 aliphatic carbocycles. The van der Waals surface area contributed by atoms with Gasteiger partial charge in [0.2, 0.25) is 10.7 Å². The predicted molar refractivity (Wildman–Crippen MR) is 61.2 cm³/mol. The number of fused-ring (bicyclic) bond motifs is 1. The number of halogens is 1. The molecule has 3 rings (SSSR count). The lowest BCUT2D eigenvalue weighted by atomic mass is 10.3. The Morgan fingerprint density at radius 2 is 1.93 bits per heavy atom. The van der Waals surface area contributed by atoms with Gasteiger partial charge in [-0.1, -0.05) is 18.2 Å². The van der Waals surface area contributed by atoms with Gasteiger partial charge in [-0.05, 0) is 28.1 Å². The number of hydrogen-bond donors (Lipinski definition) is 0. The number of hydrogen-bond acceptors (Lipinski definition) is 3. The minimum Gasteiger partial charge on any atom is -0.309 e. The van der Waals surface area contributed by atoms with Crippen LogP contribution >= 0.6 is 15.9 Å². The van der Waals surface area contributed by atoms with Crippen molar-refractivity contribution in [2.75, 3.05) is 11.4 Å². The van der Waals surface area contributed by atoms with Gasteiger partial charge in [-0.3, -0.25) is 0 Å². The lowest BCUT2D eigenvalue weighted by Gasteiger charge is -2.14. The van der Waals surface area contributed by atoms with Crippen LogP contribution in [0.5, 0.6) is 0 Å². The van der Waals surface area contributed by atoms with Gasteiger partial charge in [-0.2, -0.15) is 4.98 Å². The summed E-state index contributed by atoms with van der Waals surface area (Å²) in [6, 6.07) is 10.2. The molecule has 0 bridgehead atoms. The van der Waals surface area contributed by atoms with Gasteiger partial charge in [-0.25, -0.2) is 4.68 Å². The van der Waals surface area contributed by atoms with Crippen molar-refractivity contribution in [1.82, 2.24) is 14.8 Å². The summed E-state index contributed by atoms with van der Waals surface area (Å²) in [7, 11) is 0. The maximum atomic E-state index is 4.34. The third-order valence-corrected chi connectivity index (χ3v) is 2.81. The minimum absolute atomic E-state index is 0.651. The van der Waals surface area contributed by atoms with E-state index in [0.29, 0.717) is 4.73 Å². The molecule has 0 fully saturated rings. The van der Waals surface area contributed by atoms with E-state index in [1.807, 2.05) is 22.9 Å². The first-order valence-corrected chi connectivity index (χ1v) is 5.57. The number of benzene rings is 1. The zero-order chi connectivity index (χ0) is 10.3. The van der Waals surface area contributed by atoms with Gasteiger partial charge in [0.25, 0.3) is 0 Å². The molecule has 1 aliphatic heterocycles. The summed E-state index contributed by atoms with van der Waals surface area (Å²) in [4.78, 5) is 6.51. The first kappa shape index (κ1) is 8.91. The van der Waals surface area contributed by atoms with Gasteiger partial charge in [0.1, 0.15) is 0 Å². The summed E-state index contributed by atoms with van der Waals surface area (Å²) in [5.74, 6) is 0.910. The molecule has 1 aromatic heterocycles. The first-order valence-electron chi connectivity index (χ1n) is 4.77. The molecule has 0 saturated carbocycles. The highest BCUT2D eigenvalue weighted by molar-refractivity contribution is 9.10. The monoisotopic (exact) mass is 264 g/mol. The summed E-state index contributed by atoms with van der Waals surface area (Å²) >= 11 is 3.29. The third-order valence-electron chi connectivity index (χ3n) is 2.47. The zero-order valence-corrected chi connectivity index (χ0v) is 9.55. The van der Waals surface area contributed by atoms with E-state index in [1.165, 1.54) is 0 Å². The van der Waals surface area contributed by atoms with Gasteiger partial charge in [-0.15, -0.1) is 5.10 Å². The lowest BCUT2D eigenvalue weighted by molar-refractivity contribution is 0.687. The SMILES string of the molecule is Brc1nc2n(n1)CCN2c1ccccc1. The topological polar surface area (TPSA) is 34.0 Å². The average molecular weight is 265 g/mol. The van der Waals surface area contributed by atoms with E-state index in [1.54, 1.807) is 0 Å². The molecule has 4 nitrogen and oxygen atoms in total. The number of para-hydroxylation sites is 1. The Kier molecular flexibility index (Phi) is 1.98. The maximum Gasteiger partial charge on any atom is 0.229 e. The molecular formula is C10H9BrN4. The summed E-state index contributed by atoms with van der Waals surface area (Å²) in [6.07, 6.45) is 0. The van der Waals surface area contributed by atoms with Crippen LogP contribution in [0.2, 0.25) is 0 Å². The van der Waals surface area contributed by atoms with Crippen LogP contribution in [-0.4, -0.2) is 21.3 Å². The third kappa shape index (κ3) is 1.43. The molecule has 0 unspecified atom stereocenters. The van der Waals surface area contributed by atoms with Crippen LogP contribution in [0.1, 0.15) is 0 Å². The Balaban J connectivity index is 2.03. The van der Waals surface area contributed by atoms with Crippen molar-refractivity contribution >= 4 is 27.6 Å². The fraction of sp³-hybridized carbons (Fsp3) is 0.200. The molecule has 1 aromatic carbocycles. The van der Waals surface area contributed by atoms with Crippen molar-refractivity contribution < 1.29 is 0 Å². The first-order chi connectivity index (χ1) is 7.34. The van der Waals surface area contributed by atoms with Gasteiger partial charge < -0.3 is 4.90 Å². The predicted octanol–water partition coefficient (Wildman–Crippen LogP) is 2.19. The summed E-state index contributed by atoms with van der Waals surface area (Å²) in [6.45, 7) is 1.83. The molecule has 2 heterocycles. The average Bonchev–Trinajstić information content (AvgIpc) is 2.77. The van der Waals surface area contributed by atoms with Gasteiger partial charge in [0.15, 0.2) is 0 Å². The van der Waals surface area contributed by atoms with Crippen molar-refractivity contribution in [2.24, 2.45) is 0 Å². The summed E-state index contributed by atoms with van der Waals surface area (Å²) in [5.41, 5.74) is 1.16. The van der Waals surface area contributed by atoms with E-state index in [-0.39, 0.29) is 0 Å². The van der Waals surface area contributed by atoms with Gasteiger partial charge in [0, 0.05) is 12.2 Å². The Morgan fingerprint density at radius 1 is 1.13 bits per heavy atom. The van der Waals surface area contributed by atoms with Crippen LogP contribution in [0.25, 0.3) is 0 Å². The van der Waals surface area contributed by atoms with Gasteiger partial charge in [0.05, 0.1) is 6.54 Å². The van der Waals surface area contributed by atoms with E-state index < -0.39 is 0 Å². The second-order valence-corrected chi connectivity index (χ2v) is 4.10. The van der Waals surface area contributed by atoms with Crippen LogP contribution in [-0.2, 0) is 6.54 Å². The largest absolute Gasteiger partial charge is 0.309 e. The molecule has 0 amide bonds. The van der Waals surface area contributed by atoms with E-state index in [9.17, 15) is 0 Å². The van der Waals surface area contributed by atoms with Gasteiger partial charge >= 0.3 is 0 Å². The summed E-state index contributed by atoms with van der Waals surface area (Å²) < 4.78 is 2.56. The Hall–Kier alpha value is -1.36. The molecular weight excluding hydrogens is 256 g/mol. The molecule has 0 N–H and O–H groups in total. The number of aromatic nitrogens is 3. The van der Waals surface area contributed by atoms with E-state index >= 15 is 0 Å². The van der Waals surface area contributed by atoms with Crippen LogP contribution in [0.3, 0.4) is 0 Å². The normalized spacial score (nSPS) is 14.3. The van der Waals surface area contributed by atoms with Crippen molar-refractivity contribution in [2.45, 2.75) is 6.54 Å². The zero-order valence-electron chi connectivity index (χ0n) is 7.97.